The summed E-state index contributed by atoms with van der Waals surface area (Å²) in [4.78, 5) is 11.6. The normalized spacial score (nSPS) is 10.8. The van der Waals surface area contributed by atoms with Gasteiger partial charge in [-0.25, -0.2) is 0 Å². The van der Waals surface area contributed by atoms with Crippen molar-refractivity contribution in [2.24, 2.45) is 5.92 Å². The summed E-state index contributed by atoms with van der Waals surface area (Å²) in [5.41, 5.74) is 2.69. The highest BCUT2D eigenvalue weighted by Crippen LogP contribution is 2.20. The van der Waals surface area contributed by atoms with E-state index in [0.29, 0.717) is 18.8 Å². The van der Waals surface area contributed by atoms with Crippen molar-refractivity contribution < 1.29 is 9.53 Å². The molecule has 0 N–H and O–H groups in total. The molecule has 2 heteroatoms. The quantitative estimate of drug-likeness (QED) is 0.702. The number of ether oxygens (including phenoxy) is 1. The van der Waals surface area contributed by atoms with E-state index in [2.05, 4.69) is 19.1 Å². The average Bonchev–Trinajstić information content (AvgIpc) is 2.40. The molecule has 0 aliphatic heterocycles. The number of carbonyl (C=O) groups excluding carboxylic acids is 1. The van der Waals surface area contributed by atoms with Crippen molar-refractivity contribution in [2.45, 2.75) is 53.4 Å². The molecular weight excluding hydrogens is 236 g/mol. The van der Waals surface area contributed by atoms with Crippen LogP contribution in [0.1, 0.15) is 51.7 Å². The summed E-state index contributed by atoms with van der Waals surface area (Å²) in [7, 11) is 0. The zero-order valence-corrected chi connectivity index (χ0v) is 12.7. The van der Waals surface area contributed by atoms with E-state index in [1.165, 1.54) is 11.1 Å². The highest BCUT2D eigenvalue weighted by molar-refractivity contribution is 5.80. The first-order valence-electron chi connectivity index (χ1n) is 7.35. The molecule has 0 aliphatic rings. The molecule has 0 saturated carbocycles. The zero-order chi connectivity index (χ0) is 14.3. The molecular formula is C17H26O2. The summed E-state index contributed by atoms with van der Waals surface area (Å²) in [5, 5.41) is 0. The number of rotatable bonds is 8. The maximum Gasteiger partial charge on any atom is 0.135 e. The Balaban J connectivity index is 2.60. The van der Waals surface area contributed by atoms with E-state index in [1.807, 2.05) is 26.8 Å². The van der Waals surface area contributed by atoms with Gasteiger partial charge in [0, 0.05) is 12.3 Å². The van der Waals surface area contributed by atoms with Gasteiger partial charge in [0.05, 0.1) is 6.61 Å². The molecule has 0 unspecified atom stereocenters. The van der Waals surface area contributed by atoms with Crippen molar-refractivity contribution in [1.82, 2.24) is 0 Å². The molecule has 0 saturated heterocycles. The third-order valence-corrected chi connectivity index (χ3v) is 3.38. The number of Topliss-reactive ketones (excluding diaryl/α,β-unsaturated/α-hetero) is 1. The lowest BCUT2D eigenvalue weighted by molar-refractivity contribution is -0.121. The van der Waals surface area contributed by atoms with E-state index in [9.17, 15) is 4.79 Å². The van der Waals surface area contributed by atoms with Crippen molar-refractivity contribution in [3.63, 3.8) is 0 Å². The summed E-state index contributed by atoms with van der Waals surface area (Å²) < 4.78 is 5.52. The number of hydrogen-bond acceptors (Lipinski definition) is 2. The molecule has 0 radical (unpaired) electrons. The summed E-state index contributed by atoms with van der Waals surface area (Å²) >= 11 is 0. The Morgan fingerprint density at radius 3 is 2.53 bits per heavy atom. The van der Waals surface area contributed by atoms with E-state index in [-0.39, 0.29) is 5.92 Å². The summed E-state index contributed by atoms with van der Waals surface area (Å²) in [6, 6.07) is 6.30. The van der Waals surface area contributed by atoms with Gasteiger partial charge >= 0.3 is 0 Å². The molecule has 2 nitrogen and oxygen atoms in total. The fourth-order valence-corrected chi connectivity index (χ4v) is 2.17. The first-order valence-corrected chi connectivity index (χ1v) is 7.35. The smallest absolute Gasteiger partial charge is 0.135 e. The first-order chi connectivity index (χ1) is 9.08. The molecule has 0 fully saturated rings. The largest absolute Gasteiger partial charge is 0.494 e. The van der Waals surface area contributed by atoms with Gasteiger partial charge in [-0.2, -0.15) is 0 Å². The molecule has 0 atom stereocenters. The monoisotopic (exact) mass is 262 g/mol. The van der Waals surface area contributed by atoms with Gasteiger partial charge in [0.15, 0.2) is 0 Å². The van der Waals surface area contributed by atoms with Crippen LogP contribution in [0, 0.1) is 5.92 Å². The van der Waals surface area contributed by atoms with Gasteiger partial charge in [0.25, 0.3) is 0 Å². The van der Waals surface area contributed by atoms with Crippen molar-refractivity contribution in [3.8, 4) is 5.75 Å². The fourth-order valence-electron chi connectivity index (χ4n) is 2.17. The molecule has 0 spiro atoms. The lowest BCUT2D eigenvalue weighted by Gasteiger charge is -2.11. The van der Waals surface area contributed by atoms with Crippen molar-refractivity contribution >= 4 is 5.78 Å². The minimum absolute atomic E-state index is 0.158. The number of benzene rings is 1. The molecule has 0 aliphatic carbocycles. The number of hydrogen-bond donors (Lipinski definition) is 0. The lowest BCUT2D eigenvalue weighted by Crippen LogP contribution is -2.07. The summed E-state index contributed by atoms with van der Waals surface area (Å²) in [5.74, 6) is 1.47. The van der Waals surface area contributed by atoms with E-state index in [0.717, 1.165) is 25.0 Å². The predicted octanol–water partition coefficient (Wildman–Crippen LogP) is 4.20. The van der Waals surface area contributed by atoms with Crippen LogP contribution in [-0.4, -0.2) is 12.4 Å². The zero-order valence-electron chi connectivity index (χ0n) is 12.7. The van der Waals surface area contributed by atoms with Gasteiger partial charge in [-0.05, 0) is 49.4 Å². The third kappa shape index (κ3) is 5.06. The number of ketones is 1. The van der Waals surface area contributed by atoms with Crippen LogP contribution < -0.4 is 4.74 Å². The maximum atomic E-state index is 11.6. The molecule has 0 heterocycles. The number of aryl methyl sites for hydroxylation is 2. The molecule has 1 aromatic carbocycles. The molecule has 0 bridgehead atoms. The molecule has 1 aromatic rings. The maximum absolute atomic E-state index is 11.6. The van der Waals surface area contributed by atoms with E-state index >= 15 is 0 Å². The molecule has 0 aromatic heterocycles. The molecule has 1 rings (SSSR count). The fraction of sp³-hybridized carbons (Fsp3) is 0.588. The first kappa shape index (κ1) is 15.7. The molecule has 106 valence electrons. The van der Waals surface area contributed by atoms with Crippen LogP contribution in [0.25, 0.3) is 0 Å². The van der Waals surface area contributed by atoms with Gasteiger partial charge in [-0.15, -0.1) is 0 Å². The summed E-state index contributed by atoms with van der Waals surface area (Å²) in [6.45, 7) is 8.80. The van der Waals surface area contributed by atoms with Crippen LogP contribution in [0.3, 0.4) is 0 Å². The third-order valence-electron chi connectivity index (χ3n) is 3.38. The van der Waals surface area contributed by atoms with Crippen molar-refractivity contribution in [2.75, 3.05) is 6.61 Å². The van der Waals surface area contributed by atoms with Crippen molar-refractivity contribution in [3.05, 3.63) is 29.3 Å². The van der Waals surface area contributed by atoms with E-state index < -0.39 is 0 Å². The minimum Gasteiger partial charge on any atom is -0.494 e. The van der Waals surface area contributed by atoms with E-state index in [4.69, 9.17) is 4.74 Å². The Labute approximate surface area is 117 Å². The second-order valence-corrected chi connectivity index (χ2v) is 5.19. The van der Waals surface area contributed by atoms with Gasteiger partial charge < -0.3 is 4.74 Å². The van der Waals surface area contributed by atoms with Gasteiger partial charge in [-0.1, -0.05) is 26.8 Å². The highest BCUT2D eigenvalue weighted by Gasteiger charge is 2.08. The van der Waals surface area contributed by atoms with Crippen LogP contribution in [0.5, 0.6) is 5.75 Å². The Morgan fingerprint density at radius 1 is 1.21 bits per heavy atom. The average molecular weight is 262 g/mol. The van der Waals surface area contributed by atoms with Gasteiger partial charge in [0.2, 0.25) is 0 Å². The standard InChI is InChI=1S/C17H26O2/c1-5-14-12-16(19-6-2)11-10-15(14)8-7-9-17(18)13(3)4/h10-13H,5-9H2,1-4H3. The van der Waals surface area contributed by atoms with Crippen molar-refractivity contribution in [1.29, 1.82) is 0 Å². The SMILES string of the molecule is CCOc1ccc(CCCC(=O)C(C)C)c(CC)c1. The second-order valence-electron chi connectivity index (χ2n) is 5.19. The Bertz CT molecular complexity index is 408. The molecule has 0 amide bonds. The summed E-state index contributed by atoms with van der Waals surface area (Å²) in [6.07, 6.45) is 3.62. The van der Waals surface area contributed by atoms with E-state index in [1.54, 1.807) is 0 Å². The number of carbonyl (C=O) groups is 1. The van der Waals surface area contributed by atoms with Crippen LogP contribution in [0.15, 0.2) is 18.2 Å². The second kappa shape index (κ2) is 7.98. The lowest BCUT2D eigenvalue weighted by atomic mass is 9.97. The molecule has 19 heavy (non-hydrogen) atoms. The van der Waals surface area contributed by atoms with Gasteiger partial charge in [0.1, 0.15) is 11.5 Å². The Hall–Kier alpha value is -1.31. The van der Waals surface area contributed by atoms with Crippen LogP contribution >= 0.6 is 0 Å². The van der Waals surface area contributed by atoms with Gasteiger partial charge in [-0.3, -0.25) is 4.79 Å². The van der Waals surface area contributed by atoms with Crippen LogP contribution in [-0.2, 0) is 17.6 Å². The Kier molecular flexibility index (Phi) is 6.61. The highest BCUT2D eigenvalue weighted by atomic mass is 16.5. The topological polar surface area (TPSA) is 26.3 Å². The minimum atomic E-state index is 0.158. The van der Waals surface area contributed by atoms with Crippen LogP contribution in [0.2, 0.25) is 0 Å². The Morgan fingerprint density at radius 2 is 1.95 bits per heavy atom. The van der Waals surface area contributed by atoms with Crippen LogP contribution in [0.4, 0.5) is 0 Å². The predicted molar refractivity (Wildman–Crippen MR) is 79.8 cm³/mol.